The van der Waals surface area contributed by atoms with Crippen molar-refractivity contribution in [3.8, 4) is 0 Å². The van der Waals surface area contributed by atoms with Crippen LogP contribution in [0.1, 0.15) is 19.8 Å². The fraction of sp³-hybridized carbons (Fsp3) is 0.667. The molecule has 0 N–H and O–H groups in total. The number of azide groups is 1. The van der Waals surface area contributed by atoms with Crippen LogP contribution in [0.25, 0.3) is 10.4 Å². The van der Waals surface area contributed by atoms with Gasteiger partial charge in [-0.25, -0.2) is 0 Å². The summed E-state index contributed by atoms with van der Waals surface area (Å²) in [4.78, 5) is 2.61. The van der Waals surface area contributed by atoms with Gasteiger partial charge in [0.25, 0.3) is 0 Å². The topological polar surface area (TPSA) is 48.8 Å². The van der Waals surface area contributed by atoms with Gasteiger partial charge >= 0.3 is 0 Å². The predicted octanol–water partition coefficient (Wildman–Crippen LogP) is 2.65. The summed E-state index contributed by atoms with van der Waals surface area (Å²) < 4.78 is 0. The van der Waals surface area contributed by atoms with Crippen molar-refractivity contribution in [3.05, 3.63) is 22.6 Å². The van der Waals surface area contributed by atoms with E-state index in [1.807, 2.05) is 12.2 Å². The zero-order valence-electron chi connectivity index (χ0n) is 5.62. The maximum atomic E-state index is 7.85. The van der Waals surface area contributed by atoms with Crippen LogP contribution >= 0.6 is 0 Å². The number of hydrogen-bond acceptors (Lipinski definition) is 1. The molecular weight excluding hydrogens is 114 g/mol. The second-order valence-corrected chi connectivity index (χ2v) is 1.67. The lowest BCUT2D eigenvalue weighted by atomic mass is 10.3. The predicted molar refractivity (Wildman–Crippen MR) is 38.1 cm³/mol. The van der Waals surface area contributed by atoms with Crippen molar-refractivity contribution >= 4 is 0 Å². The third-order valence-corrected chi connectivity index (χ3v) is 0.872. The molecule has 0 aromatic carbocycles. The van der Waals surface area contributed by atoms with E-state index in [0.717, 1.165) is 12.8 Å². The molecule has 0 rings (SSSR count). The highest BCUT2D eigenvalue weighted by Gasteiger charge is 1.71. The van der Waals surface area contributed by atoms with Gasteiger partial charge in [0.15, 0.2) is 0 Å². The summed E-state index contributed by atoms with van der Waals surface area (Å²) in [7, 11) is 0. The Hall–Kier alpha value is -0.950. The Kier molecular flexibility index (Phi) is 6.31. The van der Waals surface area contributed by atoms with Crippen molar-refractivity contribution in [3.63, 3.8) is 0 Å². The van der Waals surface area contributed by atoms with Gasteiger partial charge in [0.2, 0.25) is 0 Å². The third kappa shape index (κ3) is 7.05. The number of hydrogen-bond donors (Lipinski definition) is 0. The molecular formula is C6H11N3. The molecule has 0 aromatic rings. The highest BCUT2D eigenvalue weighted by atomic mass is 15.1. The lowest BCUT2D eigenvalue weighted by Crippen LogP contribution is -1.66. The maximum absolute atomic E-state index is 7.85. The average Bonchev–Trinajstić information content (AvgIpc) is 1.89. The molecule has 0 saturated heterocycles. The number of nitrogens with zero attached hydrogens (tertiary/aromatic N) is 3. The summed E-state index contributed by atoms with van der Waals surface area (Å²) in [5.41, 5.74) is 7.85. The van der Waals surface area contributed by atoms with Crippen LogP contribution in [-0.4, -0.2) is 6.54 Å². The van der Waals surface area contributed by atoms with Gasteiger partial charge in [0.1, 0.15) is 0 Å². The fourth-order valence-electron chi connectivity index (χ4n) is 0.443. The first-order valence-corrected chi connectivity index (χ1v) is 3.07. The van der Waals surface area contributed by atoms with Gasteiger partial charge in [0.05, 0.1) is 0 Å². The van der Waals surface area contributed by atoms with Gasteiger partial charge in [-0.05, 0) is 12.0 Å². The lowest BCUT2D eigenvalue weighted by Gasteiger charge is -1.80. The quantitative estimate of drug-likeness (QED) is 0.240. The summed E-state index contributed by atoms with van der Waals surface area (Å²) in [6.07, 6.45) is 6.12. The van der Waals surface area contributed by atoms with Crippen LogP contribution in [0.3, 0.4) is 0 Å². The molecule has 0 aliphatic heterocycles. The molecule has 3 heteroatoms. The smallest absolute Gasteiger partial charge is 0.0440 e. The van der Waals surface area contributed by atoms with Gasteiger partial charge in [-0.2, -0.15) is 0 Å². The average molecular weight is 125 g/mol. The van der Waals surface area contributed by atoms with Crippen molar-refractivity contribution < 1.29 is 0 Å². The van der Waals surface area contributed by atoms with E-state index >= 15 is 0 Å². The van der Waals surface area contributed by atoms with E-state index in [1.54, 1.807) is 0 Å². The molecule has 0 fully saturated rings. The molecule has 0 saturated carbocycles. The van der Waals surface area contributed by atoms with Crippen LogP contribution in [0.15, 0.2) is 17.3 Å². The molecule has 0 heterocycles. The van der Waals surface area contributed by atoms with E-state index in [4.69, 9.17) is 5.53 Å². The van der Waals surface area contributed by atoms with Crippen molar-refractivity contribution in [2.75, 3.05) is 6.54 Å². The molecule has 0 aliphatic carbocycles. The summed E-state index contributed by atoms with van der Waals surface area (Å²) in [6.45, 7) is 2.59. The number of rotatable bonds is 4. The second kappa shape index (κ2) is 7.05. The molecule has 0 unspecified atom stereocenters. The maximum Gasteiger partial charge on any atom is 0.0440 e. The zero-order chi connectivity index (χ0) is 6.95. The summed E-state index contributed by atoms with van der Waals surface area (Å²) in [5.74, 6) is 0. The first-order chi connectivity index (χ1) is 4.41. The Morgan fingerprint density at radius 2 is 2.33 bits per heavy atom. The Labute approximate surface area is 55.0 Å². The van der Waals surface area contributed by atoms with E-state index in [-0.39, 0.29) is 0 Å². The Morgan fingerprint density at radius 1 is 1.56 bits per heavy atom. The molecule has 0 aliphatic rings. The number of allylic oxidation sites excluding steroid dienone is 1. The molecule has 3 nitrogen and oxygen atoms in total. The first-order valence-electron chi connectivity index (χ1n) is 3.07. The second-order valence-electron chi connectivity index (χ2n) is 1.67. The summed E-state index contributed by atoms with van der Waals surface area (Å²) in [5, 5.41) is 3.34. The van der Waals surface area contributed by atoms with Crippen LogP contribution in [0.5, 0.6) is 0 Å². The summed E-state index contributed by atoms with van der Waals surface area (Å²) >= 11 is 0. The van der Waals surface area contributed by atoms with Crippen LogP contribution < -0.4 is 0 Å². The van der Waals surface area contributed by atoms with E-state index in [0.29, 0.717) is 6.54 Å². The monoisotopic (exact) mass is 125 g/mol. The first kappa shape index (κ1) is 8.05. The minimum Gasteiger partial charge on any atom is -0.0899 e. The van der Waals surface area contributed by atoms with Crippen LogP contribution in [0.4, 0.5) is 0 Å². The lowest BCUT2D eigenvalue weighted by molar-refractivity contribution is 0.953. The van der Waals surface area contributed by atoms with Crippen molar-refractivity contribution in [2.24, 2.45) is 5.11 Å². The van der Waals surface area contributed by atoms with Crippen molar-refractivity contribution in [1.29, 1.82) is 0 Å². The van der Waals surface area contributed by atoms with Crippen LogP contribution in [0, 0.1) is 0 Å². The van der Waals surface area contributed by atoms with Crippen molar-refractivity contribution in [2.45, 2.75) is 19.8 Å². The molecule has 0 aromatic heterocycles. The fourth-order valence-corrected chi connectivity index (χ4v) is 0.443. The third-order valence-electron chi connectivity index (χ3n) is 0.872. The highest BCUT2D eigenvalue weighted by Crippen LogP contribution is 1.87. The molecule has 0 bridgehead atoms. The van der Waals surface area contributed by atoms with E-state index < -0.39 is 0 Å². The largest absolute Gasteiger partial charge is 0.0899 e. The van der Waals surface area contributed by atoms with E-state index in [9.17, 15) is 0 Å². The SMILES string of the molecule is CCCC=CCN=[N+]=[N-]. The Bertz CT molecular complexity index is 122. The van der Waals surface area contributed by atoms with Gasteiger partial charge in [-0.1, -0.05) is 30.6 Å². The standard InChI is InChI=1S/C6H11N3/c1-2-3-4-5-6-8-9-7/h4-5H,2-3,6H2,1H3. The normalized spacial score (nSPS) is 9.44. The summed E-state index contributed by atoms with van der Waals surface area (Å²) in [6, 6.07) is 0. The van der Waals surface area contributed by atoms with Gasteiger partial charge in [0, 0.05) is 11.5 Å². The Morgan fingerprint density at radius 3 is 2.89 bits per heavy atom. The molecule has 0 radical (unpaired) electrons. The minimum atomic E-state index is 0.483. The van der Waals surface area contributed by atoms with Gasteiger partial charge in [-0.15, -0.1) is 0 Å². The number of unbranched alkanes of at least 4 members (excludes halogenated alkanes) is 1. The molecule has 0 spiro atoms. The molecule has 50 valence electrons. The van der Waals surface area contributed by atoms with Crippen molar-refractivity contribution in [1.82, 2.24) is 0 Å². The van der Waals surface area contributed by atoms with Crippen LogP contribution in [0.2, 0.25) is 0 Å². The molecule has 9 heavy (non-hydrogen) atoms. The zero-order valence-corrected chi connectivity index (χ0v) is 5.62. The molecule has 0 amide bonds. The Balaban J connectivity index is 3.14. The van der Waals surface area contributed by atoms with E-state index in [2.05, 4.69) is 16.9 Å². The highest BCUT2D eigenvalue weighted by molar-refractivity contribution is 4.83. The van der Waals surface area contributed by atoms with E-state index in [1.165, 1.54) is 0 Å². The minimum absolute atomic E-state index is 0.483. The van der Waals surface area contributed by atoms with Gasteiger partial charge in [-0.3, -0.25) is 0 Å². The molecule has 0 atom stereocenters. The van der Waals surface area contributed by atoms with Crippen LogP contribution in [-0.2, 0) is 0 Å². The van der Waals surface area contributed by atoms with Gasteiger partial charge < -0.3 is 0 Å².